The molecule has 2 aromatic carbocycles. The van der Waals surface area contributed by atoms with Gasteiger partial charge in [0.1, 0.15) is 13.2 Å². The van der Waals surface area contributed by atoms with Crippen molar-refractivity contribution in [2.45, 2.75) is 6.92 Å². The fourth-order valence-corrected chi connectivity index (χ4v) is 2.29. The highest BCUT2D eigenvalue weighted by atomic mass is 32.1. The van der Waals surface area contributed by atoms with Crippen molar-refractivity contribution >= 4 is 28.7 Å². The summed E-state index contributed by atoms with van der Waals surface area (Å²) >= 11 is 5.31. The first kappa shape index (κ1) is 13.7. The molecule has 0 atom stereocenters. The lowest BCUT2D eigenvalue weighted by molar-refractivity contribution is 0.171. The van der Waals surface area contributed by atoms with Crippen molar-refractivity contribution in [3.05, 3.63) is 48.0 Å². The van der Waals surface area contributed by atoms with E-state index in [1.54, 1.807) is 0 Å². The monoisotopic (exact) mass is 300 g/mol. The molecule has 0 spiro atoms. The summed E-state index contributed by atoms with van der Waals surface area (Å²) in [6.45, 7) is 3.21. The fraction of sp³-hybridized carbons (Fsp3) is 0.188. The Morgan fingerprint density at radius 1 is 0.905 bits per heavy atom. The summed E-state index contributed by atoms with van der Waals surface area (Å²) < 4.78 is 11.0. The Labute approximate surface area is 129 Å². The molecule has 108 valence electrons. The highest BCUT2D eigenvalue weighted by Crippen LogP contribution is 2.32. The Kier molecular flexibility index (Phi) is 3.92. The van der Waals surface area contributed by atoms with Gasteiger partial charge >= 0.3 is 0 Å². The van der Waals surface area contributed by atoms with Crippen LogP contribution in [0, 0.1) is 6.92 Å². The highest BCUT2D eigenvalue weighted by Gasteiger charge is 2.12. The van der Waals surface area contributed by atoms with E-state index in [-0.39, 0.29) is 0 Å². The second-order valence-corrected chi connectivity index (χ2v) is 5.21. The Morgan fingerprint density at radius 3 is 2.29 bits per heavy atom. The van der Waals surface area contributed by atoms with E-state index in [1.807, 2.05) is 42.5 Å². The van der Waals surface area contributed by atoms with Gasteiger partial charge in [0.25, 0.3) is 0 Å². The number of hydrogen-bond donors (Lipinski definition) is 2. The summed E-state index contributed by atoms with van der Waals surface area (Å²) in [6, 6.07) is 13.7. The molecule has 3 rings (SSSR count). The van der Waals surface area contributed by atoms with Gasteiger partial charge in [-0.25, -0.2) is 0 Å². The number of benzene rings is 2. The van der Waals surface area contributed by atoms with Crippen LogP contribution in [-0.2, 0) is 0 Å². The Morgan fingerprint density at radius 2 is 1.52 bits per heavy atom. The maximum absolute atomic E-state index is 5.55. The zero-order valence-electron chi connectivity index (χ0n) is 11.7. The van der Waals surface area contributed by atoms with Crippen LogP contribution in [0.1, 0.15) is 5.56 Å². The van der Waals surface area contributed by atoms with E-state index in [0.29, 0.717) is 18.3 Å². The molecule has 2 N–H and O–H groups in total. The lowest BCUT2D eigenvalue weighted by Crippen LogP contribution is -2.20. The van der Waals surface area contributed by atoms with Crippen molar-refractivity contribution in [2.75, 3.05) is 23.8 Å². The number of thiocarbonyl (C=S) groups is 1. The predicted molar refractivity (Wildman–Crippen MR) is 88.5 cm³/mol. The van der Waals surface area contributed by atoms with Crippen LogP contribution in [0.3, 0.4) is 0 Å². The first-order valence-corrected chi connectivity index (χ1v) is 7.16. The van der Waals surface area contributed by atoms with Crippen LogP contribution in [0.15, 0.2) is 42.5 Å². The first-order valence-electron chi connectivity index (χ1n) is 6.75. The minimum absolute atomic E-state index is 0.538. The molecule has 0 aliphatic carbocycles. The average molecular weight is 300 g/mol. The number of nitrogens with one attached hydrogen (secondary N) is 2. The van der Waals surface area contributed by atoms with Crippen LogP contribution in [0.2, 0.25) is 0 Å². The molecule has 0 radical (unpaired) electrons. The third kappa shape index (κ3) is 3.44. The lowest BCUT2D eigenvalue weighted by atomic mass is 10.2. The summed E-state index contributed by atoms with van der Waals surface area (Å²) in [7, 11) is 0. The van der Waals surface area contributed by atoms with Gasteiger partial charge in [-0.2, -0.15) is 0 Å². The van der Waals surface area contributed by atoms with Crippen molar-refractivity contribution in [3.63, 3.8) is 0 Å². The zero-order valence-corrected chi connectivity index (χ0v) is 12.5. The third-order valence-corrected chi connectivity index (χ3v) is 3.31. The normalized spacial score (nSPS) is 12.6. The Balaban J connectivity index is 1.65. The molecule has 4 nitrogen and oxygen atoms in total. The molecule has 0 saturated heterocycles. The Bertz CT molecular complexity index is 656. The molecule has 0 aromatic heterocycles. The zero-order chi connectivity index (χ0) is 14.7. The SMILES string of the molecule is Cc1ccc(NC(=S)Nc2ccc3c(c2)OCCO3)cc1. The molecule has 1 heterocycles. The predicted octanol–water partition coefficient (Wildman–Crippen LogP) is 3.58. The number of rotatable bonds is 2. The number of aryl methyl sites for hydroxylation is 1. The summed E-state index contributed by atoms with van der Waals surface area (Å²) in [5, 5.41) is 6.82. The van der Waals surface area contributed by atoms with Crippen LogP contribution >= 0.6 is 12.2 Å². The minimum atomic E-state index is 0.538. The van der Waals surface area contributed by atoms with Gasteiger partial charge in [0.2, 0.25) is 0 Å². The number of fused-ring (bicyclic) bond motifs is 1. The van der Waals surface area contributed by atoms with Crippen LogP contribution in [-0.4, -0.2) is 18.3 Å². The van der Waals surface area contributed by atoms with Gasteiger partial charge in [-0.3, -0.25) is 0 Å². The van der Waals surface area contributed by atoms with E-state index in [9.17, 15) is 0 Å². The van der Waals surface area contributed by atoms with Crippen molar-refractivity contribution < 1.29 is 9.47 Å². The van der Waals surface area contributed by atoms with Gasteiger partial charge in [0, 0.05) is 17.4 Å². The molecular weight excluding hydrogens is 284 g/mol. The average Bonchev–Trinajstić information content (AvgIpc) is 2.49. The van der Waals surface area contributed by atoms with E-state index in [0.717, 1.165) is 22.9 Å². The smallest absolute Gasteiger partial charge is 0.175 e. The fourth-order valence-electron chi connectivity index (χ4n) is 2.05. The number of ether oxygens (including phenoxy) is 2. The van der Waals surface area contributed by atoms with E-state index in [1.165, 1.54) is 5.56 Å². The molecule has 2 aromatic rings. The van der Waals surface area contributed by atoms with Gasteiger partial charge in [-0.1, -0.05) is 17.7 Å². The molecule has 1 aliphatic heterocycles. The minimum Gasteiger partial charge on any atom is -0.486 e. The molecule has 0 unspecified atom stereocenters. The first-order chi connectivity index (χ1) is 10.2. The topological polar surface area (TPSA) is 42.5 Å². The van der Waals surface area contributed by atoms with Gasteiger partial charge in [0.05, 0.1) is 0 Å². The van der Waals surface area contributed by atoms with Gasteiger partial charge in [-0.05, 0) is 43.4 Å². The largest absolute Gasteiger partial charge is 0.486 e. The molecule has 0 fully saturated rings. The second kappa shape index (κ2) is 6.01. The van der Waals surface area contributed by atoms with Crippen LogP contribution in [0.25, 0.3) is 0 Å². The van der Waals surface area contributed by atoms with Gasteiger partial charge < -0.3 is 20.1 Å². The van der Waals surface area contributed by atoms with Crippen molar-refractivity contribution in [3.8, 4) is 11.5 Å². The summed E-state index contributed by atoms with van der Waals surface area (Å²) in [5.41, 5.74) is 3.03. The summed E-state index contributed by atoms with van der Waals surface area (Å²) in [4.78, 5) is 0. The molecule has 1 aliphatic rings. The van der Waals surface area contributed by atoms with Gasteiger partial charge in [0.15, 0.2) is 16.6 Å². The maximum atomic E-state index is 5.55. The number of hydrogen-bond acceptors (Lipinski definition) is 3. The maximum Gasteiger partial charge on any atom is 0.175 e. The number of anilines is 2. The van der Waals surface area contributed by atoms with Crippen LogP contribution in [0.5, 0.6) is 11.5 Å². The van der Waals surface area contributed by atoms with Crippen molar-refractivity contribution in [2.24, 2.45) is 0 Å². The molecule has 0 saturated carbocycles. The standard InChI is InChI=1S/C16H16N2O2S/c1-11-2-4-12(5-3-11)17-16(21)18-13-6-7-14-15(10-13)20-9-8-19-14/h2-7,10H,8-9H2,1H3,(H2,17,18,21). The molecule has 5 heteroatoms. The molecule has 0 amide bonds. The van der Waals surface area contributed by atoms with E-state index < -0.39 is 0 Å². The highest BCUT2D eigenvalue weighted by molar-refractivity contribution is 7.80. The Hall–Kier alpha value is -2.27. The van der Waals surface area contributed by atoms with Crippen LogP contribution in [0.4, 0.5) is 11.4 Å². The van der Waals surface area contributed by atoms with Gasteiger partial charge in [-0.15, -0.1) is 0 Å². The van der Waals surface area contributed by atoms with E-state index >= 15 is 0 Å². The van der Waals surface area contributed by atoms with E-state index in [4.69, 9.17) is 21.7 Å². The summed E-state index contributed by atoms with van der Waals surface area (Å²) in [5.74, 6) is 1.51. The molecule has 0 bridgehead atoms. The summed E-state index contributed by atoms with van der Waals surface area (Å²) in [6.07, 6.45) is 0. The van der Waals surface area contributed by atoms with Crippen LogP contribution < -0.4 is 20.1 Å². The van der Waals surface area contributed by atoms with Crippen molar-refractivity contribution in [1.29, 1.82) is 0 Å². The van der Waals surface area contributed by atoms with E-state index in [2.05, 4.69) is 17.6 Å². The second-order valence-electron chi connectivity index (χ2n) is 4.80. The molecular formula is C16H16N2O2S. The van der Waals surface area contributed by atoms with Crippen molar-refractivity contribution in [1.82, 2.24) is 0 Å². The lowest BCUT2D eigenvalue weighted by Gasteiger charge is -2.19. The quantitative estimate of drug-likeness (QED) is 0.830. The third-order valence-electron chi connectivity index (χ3n) is 3.11. The molecule has 21 heavy (non-hydrogen) atoms.